The van der Waals surface area contributed by atoms with E-state index in [4.69, 9.17) is 20.5 Å². The smallest absolute Gasteiger partial charge is 0.122 e. The molecule has 0 bridgehead atoms. The predicted molar refractivity (Wildman–Crippen MR) is 70.7 cm³/mol. The Bertz CT molecular complexity index is 411. The first-order chi connectivity index (χ1) is 8.67. The summed E-state index contributed by atoms with van der Waals surface area (Å²) in [7, 11) is 1.64. The summed E-state index contributed by atoms with van der Waals surface area (Å²) in [5.41, 5.74) is 6.86. The van der Waals surface area contributed by atoms with Gasteiger partial charge in [-0.15, -0.1) is 0 Å². The van der Waals surface area contributed by atoms with Crippen LogP contribution in [0.3, 0.4) is 0 Å². The maximum Gasteiger partial charge on any atom is 0.122 e. The third kappa shape index (κ3) is 4.64. The van der Waals surface area contributed by atoms with E-state index in [1.807, 2.05) is 25.1 Å². The minimum atomic E-state index is 0.0681. The molecule has 4 nitrogen and oxygen atoms in total. The molecule has 1 rings (SSSR count). The zero-order chi connectivity index (χ0) is 13.4. The number of rotatable bonds is 7. The Morgan fingerprint density at radius 3 is 2.83 bits per heavy atom. The predicted octanol–water partition coefficient (Wildman–Crippen LogP) is 2.27. The van der Waals surface area contributed by atoms with Gasteiger partial charge in [-0.1, -0.05) is 0 Å². The van der Waals surface area contributed by atoms with E-state index < -0.39 is 0 Å². The molecule has 0 saturated heterocycles. The summed E-state index contributed by atoms with van der Waals surface area (Å²) in [4.78, 5) is 0. The molecule has 0 aliphatic carbocycles. The maximum absolute atomic E-state index is 8.47. The van der Waals surface area contributed by atoms with Crippen LogP contribution in [0.2, 0.25) is 0 Å². The quantitative estimate of drug-likeness (QED) is 0.751. The molecular weight excluding hydrogens is 228 g/mol. The highest BCUT2D eigenvalue weighted by atomic mass is 16.5. The van der Waals surface area contributed by atoms with Crippen LogP contribution in [0.1, 0.15) is 25.3 Å². The largest absolute Gasteiger partial charge is 0.497 e. The average Bonchev–Trinajstić information content (AvgIpc) is 2.35. The minimum Gasteiger partial charge on any atom is -0.497 e. The fraction of sp³-hybridized carbons (Fsp3) is 0.500. The van der Waals surface area contributed by atoms with Gasteiger partial charge in [-0.2, -0.15) is 5.26 Å². The van der Waals surface area contributed by atoms with Crippen LogP contribution in [0.25, 0.3) is 0 Å². The van der Waals surface area contributed by atoms with Gasteiger partial charge in [0.25, 0.3) is 0 Å². The van der Waals surface area contributed by atoms with Crippen LogP contribution >= 0.6 is 0 Å². The highest BCUT2D eigenvalue weighted by molar-refractivity contribution is 5.40. The van der Waals surface area contributed by atoms with Crippen molar-refractivity contribution in [3.63, 3.8) is 0 Å². The molecule has 1 atom stereocenters. The fourth-order valence-corrected chi connectivity index (χ4v) is 1.66. The molecule has 0 aromatic heterocycles. The van der Waals surface area contributed by atoms with E-state index in [1.54, 1.807) is 7.11 Å². The second-order valence-electron chi connectivity index (χ2n) is 4.27. The van der Waals surface area contributed by atoms with Crippen molar-refractivity contribution in [3.05, 3.63) is 23.8 Å². The Labute approximate surface area is 108 Å². The van der Waals surface area contributed by atoms with Crippen molar-refractivity contribution in [2.24, 2.45) is 5.73 Å². The Balaban J connectivity index is 2.72. The topological polar surface area (TPSA) is 68.3 Å². The molecule has 0 radical (unpaired) electrons. The number of nitrogens with zero attached hydrogens (tertiary/aromatic N) is 1. The first kappa shape index (κ1) is 14.3. The third-order valence-electron chi connectivity index (χ3n) is 2.50. The summed E-state index contributed by atoms with van der Waals surface area (Å²) in [6, 6.07) is 7.87. The third-order valence-corrected chi connectivity index (χ3v) is 2.50. The molecule has 0 saturated carbocycles. The van der Waals surface area contributed by atoms with Crippen molar-refractivity contribution in [1.82, 2.24) is 0 Å². The molecule has 0 heterocycles. The van der Waals surface area contributed by atoms with Crippen molar-refractivity contribution in [2.75, 3.05) is 13.7 Å². The normalized spacial score (nSPS) is 11.7. The summed E-state index contributed by atoms with van der Waals surface area (Å²) < 4.78 is 10.9. The summed E-state index contributed by atoms with van der Waals surface area (Å²) in [6.45, 7) is 2.50. The molecule has 0 fully saturated rings. The molecule has 0 spiro atoms. The van der Waals surface area contributed by atoms with Gasteiger partial charge in [0, 0.05) is 12.5 Å². The minimum absolute atomic E-state index is 0.0681. The molecule has 2 N–H and O–H groups in total. The van der Waals surface area contributed by atoms with E-state index in [2.05, 4.69) is 6.07 Å². The van der Waals surface area contributed by atoms with Crippen LogP contribution < -0.4 is 15.2 Å². The first-order valence-corrected chi connectivity index (χ1v) is 6.09. The zero-order valence-electron chi connectivity index (χ0n) is 11.0. The number of hydrogen-bond donors (Lipinski definition) is 1. The number of methoxy groups -OCH3 is 1. The van der Waals surface area contributed by atoms with Gasteiger partial charge < -0.3 is 15.2 Å². The fourth-order valence-electron chi connectivity index (χ4n) is 1.66. The van der Waals surface area contributed by atoms with E-state index in [0.717, 1.165) is 29.9 Å². The number of ether oxygens (including phenoxy) is 2. The van der Waals surface area contributed by atoms with E-state index in [9.17, 15) is 0 Å². The standard InChI is InChI=1S/C14H20N2O2/c1-11(16)9-12-10-13(17-2)5-6-14(12)18-8-4-3-7-15/h5-6,10-11H,3-4,8-9,16H2,1-2H3. The second-order valence-corrected chi connectivity index (χ2v) is 4.27. The lowest BCUT2D eigenvalue weighted by Crippen LogP contribution is -2.18. The van der Waals surface area contributed by atoms with E-state index in [0.29, 0.717) is 13.0 Å². The molecule has 1 aromatic rings. The monoisotopic (exact) mass is 248 g/mol. The van der Waals surface area contributed by atoms with Gasteiger partial charge in [0.1, 0.15) is 11.5 Å². The van der Waals surface area contributed by atoms with Crippen LogP contribution in [0.4, 0.5) is 0 Å². The van der Waals surface area contributed by atoms with Crippen molar-refractivity contribution >= 4 is 0 Å². The van der Waals surface area contributed by atoms with Crippen LogP contribution in [-0.4, -0.2) is 19.8 Å². The average molecular weight is 248 g/mol. The van der Waals surface area contributed by atoms with Gasteiger partial charge in [0.05, 0.1) is 19.8 Å². The van der Waals surface area contributed by atoms with Crippen molar-refractivity contribution in [2.45, 2.75) is 32.2 Å². The molecule has 98 valence electrons. The maximum atomic E-state index is 8.47. The summed E-state index contributed by atoms with van der Waals surface area (Å²) >= 11 is 0. The summed E-state index contributed by atoms with van der Waals surface area (Å²) in [5, 5.41) is 8.47. The SMILES string of the molecule is COc1ccc(OCCCC#N)c(CC(C)N)c1. The Morgan fingerprint density at radius 2 is 2.22 bits per heavy atom. The molecular formula is C14H20N2O2. The van der Waals surface area contributed by atoms with Gasteiger partial charge in [0.15, 0.2) is 0 Å². The van der Waals surface area contributed by atoms with E-state index in [1.165, 1.54) is 0 Å². The van der Waals surface area contributed by atoms with Gasteiger partial charge in [0.2, 0.25) is 0 Å². The molecule has 4 heteroatoms. The van der Waals surface area contributed by atoms with Crippen molar-refractivity contribution in [1.29, 1.82) is 5.26 Å². The Kier molecular flexibility index (Phi) is 6.03. The lowest BCUT2D eigenvalue weighted by Gasteiger charge is -2.14. The number of unbranched alkanes of at least 4 members (excludes halogenated alkanes) is 1. The first-order valence-electron chi connectivity index (χ1n) is 6.09. The second kappa shape index (κ2) is 7.57. The molecule has 0 amide bonds. The lowest BCUT2D eigenvalue weighted by atomic mass is 10.1. The molecule has 1 aromatic carbocycles. The molecule has 0 aliphatic rings. The van der Waals surface area contributed by atoms with E-state index >= 15 is 0 Å². The number of nitrogens with two attached hydrogens (primary N) is 1. The van der Waals surface area contributed by atoms with E-state index in [-0.39, 0.29) is 6.04 Å². The summed E-state index contributed by atoms with van der Waals surface area (Å²) in [6.07, 6.45) is 1.99. The highest BCUT2D eigenvalue weighted by Crippen LogP contribution is 2.25. The van der Waals surface area contributed by atoms with Crippen LogP contribution in [0, 0.1) is 11.3 Å². The molecule has 18 heavy (non-hydrogen) atoms. The van der Waals surface area contributed by atoms with Crippen molar-refractivity contribution in [3.8, 4) is 17.6 Å². The Morgan fingerprint density at radius 1 is 1.44 bits per heavy atom. The number of benzene rings is 1. The molecule has 1 unspecified atom stereocenters. The van der Waals surface area contributed by atoms with Crippen LogP contribution in [0.5, 0.6) is 11.5 Å². The summed E-state index contributed by atoms with van der Waals surface area (Å²) in [5.74, 6) is 1.63. The van der Waals surface area contributed by atoms with Crippen LogP contribution in [-0.2, 0) is 6.42 Å². The Hall–Kier alpha value is -1.73. The zero-order valence-corrected chi connectivity index (χ0v) is 11.0. The van der Waals surface area contributed by atoms with Gasteiger partial charge in [-0.25, -0.2) is 0 Å². The number of nitriles is 1. The van der Waals surface area contributed by atoms with Gasteiger partial charge in [-0.3, -0.25) is 0 Å². The molecule has 0 aliphatic heterocycles. The van der Waals surface area contributed by atoms with Gasteiger partial charge in [-0.05, 0) is 43.5 Å². The van der Waals surface area contributed by atoms with Gasteiger partial charge >= 0.3 is 0 Å². The number of hydrogen-bond acceptors (Lipinski definition) is 4. The van der Waals surface area contributed by atoms with Crippen molar-refractivity contribution < 1.29 is 9.47 Å². The van der Waals surface area contributed by atoms with Crippen LogP contribution in [0.15, 0.2) is 18.2 Å². The highest BCUT2D eigenvalue weighted by Gasteiger charge is 2.08. The lowest BCUT2D eigenvalue weighted by molar-refractivity contribution is 0.308.